The lowest BCUT2D eigenvalue weighted by atomic mass is 9.95. The standard InChI is InChI=1S/C16H20N2O2/c1-12-4-2-5-13(8-12)10-18-16(19)9-15(17-18)14-6-3-7-20-11-14/h2,4-5,8,14H,3,6-7,9-11H2,1H3. The van der Waals surface area contributed by atoms with E-state index in [-0.39, 0.29) is 5.91 Å². The first kappa shape index (κ1) is 13.3. The molecule has 1 unspecified atom stereocenters. The molecule has 1 aromatic rings. The summed E-state index contributed by atoms with van der Waals surface area (Å²) in [5, 5.41) is 6.15. The zero-order valence-corrected chi connectivity index (χ0v) is 11.8. The van der Waals surface area contributed by atoms with Crippen LogP contribution in [0.1, 0.15) is 30.4 Å². The third-order valence-electron chi connectivity index (χ3n) is 3.92. The summed E-state index contributed by atoms with van der Waals surface area (Å²) in [7, 11) is 0. The van der Waals surface area contributed by atoms with E-state index in [1.807, 2.05) is 12.1 Å². The summed E-state index contributed by atoms with van der Waals surface area (Å²) in [6, 6.07) is 8.22. The number of hydrogen-bond donors (Lipinski definition) is 0. The van der Waals surface area contributed by atoms with Crippen LogP contribution in [0.2, 0.25) is 0 Å². The molecule has 1 aromatic carbocycles. The van der Waals surface area contributed by atoms with Crippen molar-refractivity contribution in [3.05, 3.63) is 35.4 Å². The maximum atomic E-state index is 12.1. The Balaban J connectivity index is 1.70. The first-order chi connectivity index (χ1) is 9.72. The molecule has 4 heteroatoms. The number of aryl methyl sites for hydroxylation is 1. The lowest BCUT2D eigenvalue weighted by Gasteiger charge is -2.21. The summed E-state index contributed by atoms with van der Waals surface area (Å²) in [5.74, 6) is 0.433. The molecule has 1 saturated heterocycles. The zero-order valence-electron chi connectivity index (χ0n) is 11.8. The normalized spacial score (nSPS) is 23.1. The quantitative estimate of drug-likeness (QED) is 0.848. The first-order valence-corrected chi connectivity index (χ1v) is 7.23. The molecule has 20 heavy (non-hydrogen) atoms. The van der Waals surface area contributed by atoms with Gasteiger partial charge in [-0.2, -0.15) is 5.10 Å². The van der Waals surface area contributed by atoms with Crippen molar-refractivity contribution in [2.75, 3.05) is 13.2 Å². The molecular weight excluding hydrogens is 252 g/mol. The molecule has 1 fully saturated rings. The maximum Gasteiger partial charge on any atom is 0.248 e. The van der Waals surface area contributed by atoms with Crippen LogP contribution < -0.4 is 0 Å². The zero-order chi connectivity index (χ0) is 13.9. The summed E-state index contributed by atoms with van der Waals surface area (Å²) < 4.78 is 5.49. The number of carbonyl (C=O) groups is 1. The van der Waals surface area contributed by atoms with Gasteiger partial charge in [-0.05, 0) is 25.3 Å². The maximum absolute atomic E-state index is 12.1. The summed E-state index contributed by atoms with van der Waals surface area (Å²) in [6.45, 7) is 4.18. The summed E-state index contributed by atoms with van der Waals surface area (Å²) >= 11 is 0. The average molecular weight is 272 g/mol. The van der Waals surface area contributed by atoms with Gasteiger partial charge in [-0.25, -0.2) is 5.01 Å². The minimum atomic E-state index is 0.104. The number of ether oxygens (including phenoxy) is 1. The predicted octanol–water partition coefficient (Wildman–Crippen LogP) is 2.51. The van der Waals surface area contributed by atoms with Gasteiger partial charge in [-0.3, -0.25) is 4.79 Å². The van der Waals surface area contributed by atoms with Crippen molar-refractivity contribution < 1.29 is 9.53 Å². The van der Waals surface area contributed by atoms with Gasteiger partial charge in [0.15, 0.2) is 0 Å². The number of amides is 1. The Kier molecular flexibility index (Phi) is 3.83. The largest absolute Gasteiger partial charge is 0.381 e. The number of rotatable bonds is 3. The molecule has 4 nitrogen and oxygen atoms in total. The molecule has 0 aromatic heterocycles. The van der Waals surface area contributed by atoms with Crippen molar-refractivity contribution in [1.29, 1.82) is 0 Å². The fraction of sp³-hybridized carbons (Fsp3) is 0.500. The van der Waals surface area contributed by atoms with Crippen molar-refractivity contribution in [3.63, 3.8) is 0 Å². The van der Waals surface area contributed by atoms with Crippen molar-refractivity contribution in [1.82, 2.24) is 5.01 Å². The van der Waals surface area contributed by atoms with Crippen molar-refractivity contribution in [3.8, 4) is 0 Å². The highest BCUT2D eigenvalue weighted by atomic mass is 16.5. The molecule has 0 bridgehead atoms. The number of nitrogens with zero attached hydrogens (tertiary/aromatic N) is 2. The van der Waals surface area contributed by atoms with Gasteiger partial charge < -0.3 is 4.74 Å². The molecule has 2 aliphatic rings. The predicted molar refractivity (Wildman–Crippen MR) is 77.3 cm³/mol. The summed E-state index contributed by atoms with van der Waals surface area (Å²) in [5.41, 5.74) is 3.34. The number of carbonyl (C=O) groups excluding carboxylic acids is 1. The molecule has 1 atom stereocenters. The molecule has 0 spiro atoms. The molecular formula is C16H20N2O2. The fourth-order valence-electron chi connectivity index (χ4n) is 2.83. The lowest BCUT2D eigenvalue weighted by molar-refractivity contribution is -0.129. The number of benzene rings is 1. The van der Waals surface area contributed by atoms with E-state index in [1.165, 1.54) is 5.56 Å². The third-order valence-corrected chi connectivity index (χ3v) is 3.92. The third kappa shape index (κ3) is 2.90. The second kappa shape index (κ2) is 5.75. The van der Waals surface area contributed by atoms with Crippen LogP contribution in [0.25, 0.3) is 0 Å². The second-order valence-electron chi connectivity index (χ2n) is 5.62. The lowest BCUT2D eigenvalue weighted by Crippen LogP contribution is -2.24. The SMILES string of the molecule is Cc1cccc(CN2N=C(C3CCCOC3)CC2=O)c1. The van der Waals surface area contributed by atoms with Crippen molar-refractivity contribution in [2.24, 2.45) is 11.0 Å². The number of hydrazone groups is 1. The average Bonchev–Trinajstić information content (AvgIpc) is 2.81. The second-order valence-corrected chi connectivity index (χ2v) is 5.62. The smallest absolute Gasteiger partial charge is 0.248 e. The van der Waals surface area contributed by atoms with E-state index in [4.69, 9.17) is 4.74 Å². The molecule has 0 radical (unpaired) electrons. The summed E-state index contributed by atoms with van der Waals surface area (Å²) in [6.07, 6.45) is 2.61. The van der Waals surface area contributed by atoms with Crippen LogP contribution in [0.15, 0.2) is 29.4 Å². The van der Waals surface area contributed by atoms with Crippen LogP contribution >= 0.6 is 0 Å². The van der Waals surface area contributed by atoms with Crippen LogP contribution in [0.5, 0.6) is 0 Å². The van der Waals surface area contributed by atoms with E-state index >= 15 is 0 Å². The Morgan fingerprint density at radius 2 is 2.35 bits per heavy atom. The van der Waals surface area contributed by atoms with Gasteiger partial charge >= 0.3 is 0 Å². The molecule has 0 N–H and O–H groups in total. The van der Waals surface area contributed by atoms with Gasteiger partial charge in [0.2, 0.25) is 5.91 Å². The topological polar surface area (TPSA) is 41.9 Å². The molecule has 3 rings (SSSR count). The Morgan fingerprint density at radius 3 is 3.10 bits per heavy atom. The van der Waals surface area contributed by atoms with Crippen LogP contribution in [0, 0.1) is 12.8 Å². The van der Waals surface area contributed by atoms with Crippen LogP contribution in [0.3, 0.4) is 0 Å². The Morgan fingerprint density at radius 1 is 1.45 bits per heavy atom. The number of hydrogen-bond acceptors (Lipinski definition) is 3. The first-order valence-electron chi connectivity index (χ1n) is 7.23. The highest BCUT2D eigenvalue weighted by Gasteiger charge is 2.30. The van der Waals surface area contributed by atoms with E-state index in [0.29, 0.717) is 25.5 Å². The van der Waals surface area contributed by atoms with E-state index in [1.54, 1.807) is 5.01 Å². The van der Waals surface area contributed by atoms with Gasteiger partial charge in [0, 0.05) is 12.5 Å². The highest BCUT2D eigenvalue weighted by Crippen LogP contribution is 2.23. The van der Waals surface area contributed by atoms with Crippen molar-refractivity contribution in [2.45, 2.75) is 32.7 Å². The molecule has 106 valence electrons. The van der Waals surface area contributed by atoms with Gasteiger partial charge in [-0.1, -0.05) is 29.8 Å². The van der Waals surface area contributed by atoms with Gasteiger partial charge in [0.05, 0.1) is 25.3 Å². The molecule has 0 aliphatic carbocycles. The van der Waals surface area contributed by atoms with Gasteiger partial charge in [-0.15, -0.1) is 0 Å². The monoisotopic (exact) mass is 272 g/mol. The van der Waals surface area contributed by atoms with E-state index < -0.39 is 0 Å². The Hall–Kier alpha value is -1.68. The van der Waals surface area contributed by atoms with Crippen molar-refractivity contribution >= 4 is 11.6 Å². The molecule has 2 aliphatic heterocycles. The minimum absolute atomic E-state index is 0.104. The van der Waals surface area contributed by atoms with Crippen LogP contribution in [-0.2, 0) is 16.1 Å². The molecule has 1 amide bonds. The van der Waals surface area contributed by atoms with Crippen LogP contribution in [0.4, 0.5) is 0 Å². The Labute approximate surface area is 119 Å². The van der Waals surface area contributed by atoms with Crippen LogP contribution in [-0.4, -0.2) is 29.8 Å². The van der Waals surface area contributed by atoms with Gasteiger partial charge in [0.25, 0.3) is 0 Å². The van der Waals surface area contributed by atoms with Gasteiger partial charge in [0.1, 0.15) is 0 Å². The molecule has 0 saturated carbocycles. The van der Waals surface area contributed by atoms with E-state index in [0.717, 1.165) is 30.7 Å². The summed E-state index contributed by atoms with van der Waals surface area (Å²) in [4.78, 5) is 12.1. The highest BCUT2D eigenvalue weighted by molar-refractivity contribution is 6.06. The minimum Gasteiger partial charge on any atom is -0.381 e. The van der Waals surface area contributed by atoms with E-state index in [9.17, 15) is 4.79 Å². The fourth-order valence-corrected chi connectivity index (χ4v) is 2.83. The molecule has 2 heterocycles. The Bertz CT molecular complexity index is 533. The van der Waals surface area contributed by atoms with E-state index in [2.05, 4.69) is 24.2 Å².